The van der Waals surface area contributed by atoms with Gasteiger partial charge in [0, 0.05) is 85.6 Å². The summed E-state index contributed by atoms with van der Waals surface area (Å²) in [6, 6.07) is 24.2. The quantitative estimate of drug-likeness (QED) is 0.151. The van der Waals surface area contributed by atoms with Crippen LogP contribution in [0.1, 0.15) is 42.5 Å². The summed E-state index contributed by atoms with van der Waals surface area (Å²) in [5.41, 5.74) is 5.38. The molecular weight excluding hydrogens is 651 g/mol. The highest BCUT2D eigenvalue weighted by Gasteiger charge is 2.39. The summed E-state index contributed by atoms with van der Waals surface area (Å²) >= 11 is 0. The lowest BCUT2D eigenvalue weighted by Gasteiger charge is -2.49. The third-order valence-corrected chi connectivity index (χ3v) is 10.7. The van der Waals surface area contributed by atoms with Crippen molar-refractivity contribution in [2.24, 2.45) is 0 Å². The molecule has 2 saturated heterocycles. The van der Waals surface area contributed by atoms with Crippen LogP contribution in [0.5, 0.6) is 5.75 Å². The maximum atomic E-state index is 13.3. The predicted molar refractivity (Wildman–Crippen MR) is 196 cm³/mol. The van der Waals surface area contributed by atoms with Gasteiger partial charge in [-0.25, -0.2) is 9.97 Å². The zero-order valence-electron chi connectivity index (χ0n) is 29.4. The van der Waals surface area contributed by atoms with E-state index in [9.17, 15) is 13.2 Å². The van der Waals surface area contributed by atoms with E-state index < -0.39 is 11.7 Å². The Hall–Kier alpha value is -4.74. The average molecular weight is 697 g/mol. The molecule has 7 rings (SSSR count). The third kappa shape index (κ3) is 7.79. The second-order valence-electron chi connectivity index (χ2n) is 14.1. The maximum absolute atomic E-state index is 13.3. The van der Waals surface area contributed by atoms with Gasteiger partial charge in [-0.15, -0.1) is 0 Å². The van der Waals surface area contributed by atoms with E-state index in [2.05, 4.69) is 51.8 Å². The highest BCUT2D eigenvalue weighted by molar-refractivity contribution is 5.94. The number of quaternary nitrogens is 1. The van der Waals surface area contributed by atoms with Gasteiger partial charge in [0.1, 0.15) is 5.75 Å². The summed E-state index contributed by atoms with van der Waals surface area (Å²) in [7, 11) is 4.07. The molecule has 266 valence electrons. The topological polar surface area (TPSA) is 75.2 Å². The van der Waals surface area contributed by atoms with Crippen LogP contribution in [0.15, 0.2) is 85.1 Å². The lowest BCUT2D eigenvalue weighted by molar-refractivity contribution is -0.938. The number of pyridine rings is 1. The van der Waals surface area contributed by atoms with Gasteiger partial charge in [-0.1, -0.05) is 24.3 Å². The van der Waals surface area contributed by atoms with Crippen LogP contribution >= 0.6 is 0 Å². The standard InChI is InChI=1S/C40H45F3N7O/c1-27-24-38(35-25-34(51-3)12-13-37(35)46-27)47-31-10-4-28(5-11-31)26-49(32-17-22-50(2,23-18-32)33-14-19-44-20-15-33)39-45-21-16-36(48-39)29-6-8-30(9-7-29)40(41,42)43/h4-13,16,21,24-25,32-33,44H,14-15,17-20,22-23,26H2,1-3H3,(H,46,47)/q+1. The number of ether oxygens (including phenoxy) is 1. The number of aryl methyl sites for hydroxylation is 1. The molecule has 2 fully saturated rings. The number of fused-ring (bicyclic) bond motifs is 1. The van der Waals surface area contributed by atoms with E-state index in [1.165, 1.54) is 25.0 Å². The zero-order chi connectivity index (χ0) is 35.6. The number of methoxy groups -OCH3 is 1. The number of hydrogen-bond acceptors (Lipinski definition) is 7. The SMILES string of the molecule is COc1ccc2nc(C)cc(Nc3ccc(CN(c4nccc(-c5ccc(C(F)(F)F)cc5)n4)C4CC[N+](C)(C5CCNCC5)CC4)cc3)c2c1. The molecule has 51 heavy (non-hydrogen) atoms. The van der Waals surface area contributed by atoms with E-state index in [0.717, 1.165) is 94.9 Å². The maximum Gasteiger partial charge on any atom is 0.416 e. The van der Waals surface area contributed by atoms with Crippen LogP contribution in [-0.2, 0) is 12.7 Å². The van der Waals surface area contributed by atoms with Crippen LogP contribution in [0.25, 0.3) is 22.2 Å². The second-order valence-corrected chi connectivity index (χ2v) is 14.1. The van der Waals surface area contributed by atoms with E-state index in [4.69, 9.17) is 14.7 Å². The fraction of sp³-hybridized carbons (Fsp3) is 0.375. The zero-order valence-corrected chi connectivity index (χ0v) is 29.4. The van der Waals surface area contributed by atoms with Crippen LogP contribution in [-0.4, -0.2) is 71.9 Å². The Balaban J connectivity index is 1.15. The Morgan fingerprint density at radius 3 is 2.31 bits per heavy atom. The average Bonchev–Trinajstić information content (AvgIpc) is 3.15. The van der Waals surface area contributed by atoms with Crippen molar-refractivity contribution in [2.75, 3.05) is 50.6 Å². The number of anilines is 3. The number of nitrogens with zero attached hydrogens (tertiary/aromatic N) is 5. The van der Waals surface area contributed by atoms with Gasteiger partial charge in [-0.05, 0) is 67.1 Å². The lowest BCUT2D eigenvalue weighted by atomic mass is 9.94. The second kappa shape index (κ2) is 14.5. The Morgan fingerprint density at radius 1 is 0.902 bits per heavy atom. The van der Waals surface area contributed by atoms with E-state index in [-0.39, 0.29) is 6.04 Å². The molecule has 3 aromatic carbocycles. The van der Waals surface area contributed by atoms with E-state index in [1.54, 1.807) is 19.4 Å². The molecule has 0 amide bonds. The summed E-state index contributed by atoms with van der Waals surface area (Å²) in [4.78, 5) is 16.7. The van der Waals surface area contributed by atoms with Crippen molar-refractivity contribution < 1.29 is 22.4 Å². The minimum atomic E-state index is -4.39. The van der Waals surface area contributed by atoms with Crippen molar-refractivity contribution in [1.82, 2.24) is 20.3 Å². The molecule has 0 spiro atoms. The minimum absolute atomic E-state index is 0.222. The van der Waals surface area contributed by atoms with Crippen molar-refractivity contribution in [1.29, 1.82) is 0 Å². The fourth-order valence-corrected chi connectivity index (χ4v) is 7.70. The molecule has 2 aliphatic rings. The van der Waals surface area contributed by atoms with Crippen LogP contribution in [0.3, 0.4) is 0 Å². The molecule has 0 saturated carbocycles. The number of hydrogen-bond donors (Lipinski definition) is 2. The molecular formula is C40H45F3N7O+. The molecule has 2 N–H and O–H groups in total. The number of aromatic nitrogens is 3. The van der Waals surface area contributed by atoms with Crippen LogP contribution in [0, 0.1) is 6.92 Å². The monoisotopic (exact) mass is 696 g/mol. The number of halogens is 3. The molecule has 0 radical (unpaired) electrons. The van der Waals surface area contributed by atoms with Crippen molar-refractivity contribution >= 4 is 28.2 Å². The summed E-state index contributed by atoms with van der Waals surface area (Å²) in [6.45, 7) is 6.91. The Kier molecular flexibility index (Phi) is 9.85. The number of rotatable bonds is 9. The van der Waals surface area contributed by atoms with Gasteiger partial charge in [0.2, 0.25) is 5.95 Å². The number of piperidine rings is 2. The van der Waals surface area contributed by atoms with Crippen molar-refractivity contribution in [3.63, 3.8) is 0 Å². The number of benzene rings is 3. The molecule has 0 bridgehead atoms. The summed E-state index contributed by atoms with van der Waals surface area (Å²) < 4.78 is 46.4. The fourth-order valence-electron chi connectivity index (χ4n) is 7.70. The molecule has 11 heteroatoms. The summed E-state index contributed by atoms with van der Waals surface area (Å²) in [6.07, 6.45) is 1.73. The first-order chi connectivity index (χ1) is 24.6. The van der Waals surface area contributed by atoms with Gasteiger partial charge in [-0.3, -0.25) is 4.98 Å². The lowest BCUT2D eigenvalue weighted by Crippen LogP contribution is -2.61. The van der Waals surface area contributed by atoms with Crippen LogP contribution in [0.4, 0.5) is 30.5 Å². The highest BCUT2D eigenvalue weighted by atomic mass is 19.4. The van der Waals surface area contributed by atoms with Crippen LogP contribution in [0.2, 0.25) is 0 Å². The van der Waals surface area contributed by atoms with Gasteiger partial charge in [0.25, 0.3) is 0 Å². The minimum Gasteiger partial charge on any atom is -0.497 e. The molecule has 5 aromatic rings. The summed E-state index contributed by atoms with van der Waals surface area (Å²) in [5.74, 6) is 1.36. The molecule has 0 unspecified atom stereocenters. The molecule has 2 aromatic heterocycles. The van der Waals surface area contributed by atoms with Gasteiger partial charge in [0.05, 0.1) is 50.1 Å². The van der Waals surface area contributed by atoms with E-state index >= 15 is 0 Å². The normalized spacial score (nSPS) is 19.9. The van der Waals surface area contributed by atoms with Crippen molar-refractivity contribution in [2.45, 2.75) is 57.4 Å². The number of likely N-dealkylation sites (tertiary alicyclic amines) is 1. The van der Waals surface area contributed by atoms with Gasteiger partial charge in [-0.2, -0.15) is 13.2 Å². The molecule has 4 heterocycles. The van der Waals surface area contributed by atoms with E-state index in [0.29, 0.717) is 29.8 Å². The van der Waals surface area contributed by atoms with Gasteiger partial charge in [0.15, 0.2) is 0 Å². The molecule has 0 atom stereocenters. The molecule has 0 aliphatic carbocycles. The van der Waals surface area contributed by atoms with Gasteiger partial charge < -0.3 is 24.8 Å². The predicted octanol–water partition coefficient (Wildman–Crippen LogP) is 8.14. The number of nitrogens with one attached hydrogen (secondary N) is 2. The van der Waals surface area contributed by atoms with Crippen molar-refractivity contribution in [3.05, 3.63) is 102 Å². The number of alkyl halides is 3. The summed E-state index contributed by atoms with van der Waals surface area (Å²) in [5, 5.41) is 8.07. The highest BCUT2D eigenvalue weighted by Crippen LogP contribution is 2.34. The Bertz CT molecular complexity index is 1950. The molecule has 8 nitrogen and oxygen atoms in total. The van der Waals surface area contributed by atoms with Crippen molar-refractivity contribution in [3.8, 4) is 17.0 Å². The Morgan fingerprint density at radius 2 is 1.63 bits per heavy atom. The van der Waals surface area contributed by atoms with Crippen LogP contribution < -0.4 is 20.3 Å². The third-order valence-electron chi connectivity index (χ3n) is 10.7. The molecule has 2 aliphatic heterocycles. The first kappa shape index (κ1) is 34.7. The van der Waals surface area contributed by atoms with Gasteiger partial charge >= 0.3 is 6.18 Å². The first-order valence-corrected chi connectivity index (χ1v) is 17.7. The Labute approximate surface area is 297 Å². The smallest absolute Gasteiger partial charge is 0.416 e. The first-order valence-electron chi connectivity index (χ1n) is 17.7. The largest absolute Gasteiger partial charge is 0.497 e. The van der Waals surface area contributed by atoms with E-state index in [1.807, 2.05) is 31.2 Å².